The third kappa shape index (κ3) is 4.44. The maximum atomic E-state index is 11.4. The highest BCUT2D eigenvalue weighted by Crippen LogP contribution is 2.17. The molecule has 1 aromatic carbocycles. The lowest BCUT2D eigenvalue weighted by molar-refractivity contribution is 0.0600. The Kier molecular flexibility index (Phi) is 4.97. The van der Waals surface area contributed by atoms with E-state index in [4.69, 9.17) is 4.74 Å². The number of nitrogens with zero attached hydrogens (tertiary/aromatic N) is 1. The van der Waals surface area contributed by atoms with Gasteiger partial charge in [-0.1, -0.05) is 0 Å². The Bertz CT molecular complexity index is 388. The van der Waals surface area contributed by atoms with Gasteiger partial charge in [0.2, 0.25) is 0 Å². The molecule has 1 aromatic rings. The zero-order valence-corrected chi connectivity index (χ0v) is 10.8. The van der Waals surface area contributed by atoms with Crippen LogP contribution in [0.25, 0.3) is 0 Å². The van der Waals surface area contributed by atoms with Crippen molar-refractivity contribution in [2.75, 3.05) is 34.4 Å². The van der Waals surface area contributed by atoms with Gasteiger partial charge in [0.15, 0.2) is 0 Å². The minimum absolute atomic E-state index is 0.342. The van der Waals surface area contributed by atoms with Crippen molar-refractivity contribution in [3.05, 3.63) is 29.3 Å². The first-order chi connectivity index (χ1) is 8.02. The summed E-state index contributed by atoms with van der Waals surface area (Å²) in [6.45, 7) is 3.35. The van der Waals surface area contributed by atoms with Crippen LogP contribution in [0.3, 0.4) is 0 Å². The SMILES string of the molecule is COC(=O)c1cc(C)cc(OCCN(C)C)c1. The normalized spacial score (nSPS) is 10.4. The number of likely N-dealkylation sites (N-methyl/N-ethyl adjacent to an activating group) is 1. The third-order valence-electron chi connectivity index (χ3n) is 2.28. The van der Waals surface area contributed by atoms with Crippen molar-refractivity contribution < 1.29 is 14.3 Å². The standard InChI is InChI=1S/C13H19NO3/c1-10-7-11(13(15)16-4)9-12(8-10)17-6-5-14(2)3/h7-9H,5-6H2,1-4H3. The molecule has 0 heterocycles. The van der Waals surface area contributed by atoms with E-state index in [1.165, 1.54) is 7.11 Å². The van der Waals surface area contributed by atoms with Crippen molar-refractivity contribution in [1.29, 1.82) is 0 Å². The molecule has 0 N–H and O–H groups in total. The second-order valence-electron chi connectivity index (χ2n) is 4.18. The molecule has 0 amide bonds. The van der Waals surface area contributed by atoms with E-state index in [-0.39, 0.29) is 5.97 Å². The van der Waals surface area contributed by atoms with E-state index < -0.39 is 0 Å². The van der Waals surface area contributed by atoms with E-state index in [2.05, 4.69) is 4.74 Å². The van der Waals surface area contributed by atoms with Crippen LogP contribution in [0.1, 0.15) is 15.9 Å². The number of carbonyl (C=O) groups is 1. The fraction of sp³-hybridized carbons (Fsp3) is 0.462. The second-order valence-corrected chi connectivity index (χ2v) is 4.18. The van der Waals surface area contributed by atoms with Gasteiger partial charge in [-0.15, -0.1) is 0 Å². The Labute approximate surface area is 102 Å². The third-order valence-corrected chi connectivity index (χ3v) is 2.28. The summed E-state index contributed by atoms with van der Waals surface area (Å²) >= 11 is 0. The summed E-state index contributed by atoms with van der Waals surface area (Å²) in [6, 6.07) is 5.39. The molecule has 0 saturated heterocycles. The van der Waals surface area contributed by atoms with Gasteiger partial charge in [0.25, 0.3) is 0 Å². The van der Waals surface area contributed by atoms with Crippen LogP contribution in [0.4, 0.5) is 0 Å². The molecule has 0 aromatic heterocycles. The zero-order chi connectivity index (χ0) is 12.8. The number of rotatable bonds is 5. The van der Waals surface area contributed by atoms with E-state index in [1.54, 1.807) is 12.1 Å². The Morgan fingerprint density at radius 1 is 1.29 bits per heavy atom. The molecule has 0 saturated carbocycles. The van der Waals surface area contributed by atoms with E-state index >= 15 is 0 Å². The van der Waals surface area contributed by atoms with Crippen LogP contribution in [-0.2, 0) is 4.74 Å². The van der Waals surface area contributed by atoms with E-state index in [9.17, 15) is 4.79 Å². The van der Waals surface area contributed by atoms with Gasteiger partial charge in [0.1, 0.15) is 12.4 Å². The van der Waals surface area contributed by atoms with Gasteiger partial charge in [-0.25, -0.2) is 4.79 Å². The van der Waals surface area contributed by atoms with Crippen LogP contribution in [0.2, 0.25) is 0 Å². The smallest absolute Gasteiger partial charge is 0.337 e. The molecule has 0 spiro atoms. The van der Waals surface area contributed by atoms with Crippen molar-refractivity contribution in [1.82, 2.24) is 4.90 Å². The number of benzene rings is 1. The van der Waals surface area contributed by atoms with Gasteiger partial charge in [0, 0.05) is 6.54 Å². The lowest BCUT2D eigenvalue weighted by atomic mass is 10.1. The Morgan fingerprint density at radius 2 is 2.00 bits per heavy atom. The summed E-state index contributed by atoms with van der Waals surface area (Å²) in [7, 11) is 5.34. The lowest BCUT2D eigenvalue weighted by Gasteiger charge is -2.12. The molecule has 0 unspecified atom stereocenters. The molecular formula is C13H19NO3. The predicted molar refractivity (Wildman–Crippen MR) is 66.6 cm³/mol. The Hall–Kier alpha value is -1.55. The summed E-state index contributed by atoms with van der Waals surface area (Å²) in [5.74, 6) is 0.360. The van der Waals surface area contributed by atoms with Crippen molar-refractivity contribution >= 4 is 5.97 Å². The summed E-state index contributed by atoms with van der Waals surface area (Å²) < 4.78 is 10.3. The number of methoxy groups -OCH3 is 1. The summed E-state index contributed by atoms with van der Waals surface area (Å²) in [4.78, 5) is 13.5. The maximum absolute atomic E-state index is 11.4. The van der Waals surface area contributed by atoms with Gasteiger partial charge >= 0.3 is 5.97 Å². The summed E-state index contributed by atoms with van der Waals surface area (Å²) in [5.41, 5.74) is 1.50. The average molecular weight is 237 g/mol. The monoisotopic (exact) mass is 237 g/mol. The highest BCUT2D eigenvalue weighted by Gasteiger charge is 2.08. The van der Waals surface area contributed by atoms with Crippen LogP contribution in [0.5, 0.6) is 5.75 Å². The summed E-state index contributed by atoms with van der Waals surface area (Å²) in [6.07, 6.45) is 0. The van der Waals surface area contributed by atoms with Crippen LogP contribution < -0.4 is 4.74 Å². The minimum Gasteiger partial charge on any atom is -0.492 e. The molecule has 0 fully saturated rings. The average Bonchev–Trinajstić information content (AvgIpc) is 2.26. The van der Waals surface area contributed by atoms with Gasteiger partial charge in [0.05, 0.1) is 12.7 Å². The molecule has 0 aliphatic heterocycles. The second kappa shape index (κ2) is 6.25. The Morgan fingerprint density at radius 3 is 2.59 bits per heavy atom. The van der Waals surface area contributed by atoms with Gasteiger partial charge in [-0.3, -0.25) is 0 Å². The molecule has 0 radical (unpaired) electrons. The summed E-state index contributed by atoms with van der Waals surface area (Å²) in [5, 5.41) is 0. The first-order valence-corrected chi connectivity index (χ1v) is 5.50. The van der Waals surface area contributed by atoms with Crippen LogP contribution in [0, 0.1) is 6.92 Å². The van der Waals surface area contributed by atoms with Gasteiger partial charge in [-0.05, 0) is 44.8 Å². The molecule has 0 bridgehead atoms. The number of aryl methyl sites for hydroxylation is 1. The molecule has 0 aliphatic rings. The van der Waals surface area contributed by atoms with Crippen LogP contribution in [0.15, 0.2) is 18.2 Å². The maximum Gasteiger partial charge on any atom is 0.337 e. The first-order valence-electron chi connectivity index (χ1n) is 5.50. The Balaban J connectivity index is 2.72. The highest BCUT2D eigenvalue weighted by atomic mass is 16.5. The minimum atomic E-state index is -0.342. The van der Waals surface area contributed by atoms with Gasteiger partial charge < -0.3 is 14.4 Å². The van der Waals surface area contributed by atoms with E-state index in [1.807, 2.05) is 32.0 Å². The lowest BCUT2D eigenvalue weighted by Crippen LogP contribution is -2.19. The van der Waals surface area contributed by atoms with Gasteiger partial charge in [-0.2, -0.15) is 0 Å². The first kappa shape index (κ1) is 13.5. The highest BCUT2D eigenvalue weighted by molar-refractivity contribution is 5.90. The molecule has 94 valence electrons. The number of hydrogen-bond donors (Lipinski definition) is 0. The molecule has 17 heavy (non-hydrogen) atoms. The van der Waals surface area contributed by atoms with E-state index in [0.717, 1.165) is 12.1 Å². The molecular weight excluding hydrogens is 218 g/mol. The fourth-order valence-electron chi connectivity index (χ4n) is 1.41. The topological polar surface area (TPSA) is 38.8 Å². The number of esters is 1. The molecule has 4 heteroatoms. The van der Waals surface area contributed by atoms with Crippen molar-refractivity contribution in [2.45, 2.75) is 6.92 Å². The molecule has 0 atom stereocenters. The molecule has 4 nitrogen and oxygen atoms in total. The fourth-order valence-corrected chi connectivity index (χ4v) is 1.41. The van der Waals surface area contributed by atoms with Crippen molar-refractivity contribution in [3.8, 4) is 5.75 Å². The van der Waals surface area contributed by atoms with Crippen LogP contribution in [-0.4, -0.2) is 45.2 Å². The number of ether oxygens (including phenoxy) is 2. The predicted octanol–water partition coefficient (Wildman–Crippen LogP) is 1.72. The molecule has 0 aliphatic carbocycles. The van der Waals surface area contributed by atoms with Crippen molar-refractivity contribution in [2.24, 2.45) is 0 Å². The van der Waals surface area contributed by atoms with Crippen LogP contribution >= 0.6 is 0 Å². The number of hydrogen-bond acceptors (Lipinski definition) is 4. The quantitative estimate of drug-likeness (QED) is 0.731. The molecule has 1 rings (SSSR count). The number of carbonyl (C=O) groups excluding carboxylic acids is 1. The zero-order valence-electron chi connectivity index (χ0n) is 10.8. The van der Waals surface area contributed by atoms with Crippen molar-refractivity contribution in [3.63, 3.8) is 0 Å². The largest absolute Gasteiger partial charge is 0.492 e. The van der Waals surface area contributed by atoms with E-state index in [0.29, 0.717) is 17.9 Å².